The predicted molar refractivity (Wildman–Crippen MR) is 59.8 cm³/mol. The molecule has 90 valence electrons. The van der Waals surface area contributed by atoms with Gasteiger partial charge in [0.15, 0.2) is 0 Å². The Labute approximate surface area is 92.3 Å². The van der Waals surface area contributed by atoms with Crippen LogP contribution in [0.3, 0.4) is 0 Å². The zero-order valence-electron chi connectivity index (χ0n) is 10.0. The number of esters is 1. The van der Waals surface area contributed by atoms with Gasteiger partial charge in [0.05, 0.1) is 13.7 Å². The molecule has 0 aromatic heterocycles. The molecule has 0 spiro atoms. The van der Waals surface area contributed by atoms with E-state index in [1.165, 1.54) is 7.11 Å². The molecule has 0 atom stereocenters. The van der Waals surface area contributed by atoms with Crippen LogP contribution >= 0.6 is 0 Å². The van der Waals surface area contributed by atoms with Gasteiger partial charge in [0, 0.05) is 19.6 Å². The SMILES string of the molecule is COC(=O)CCCNCCOCC(C)C. The van der Waals surface area contributed by atoms with Gasteiger partial charge in [0.1, 0.15) is 0 Å². The fourth-order valence-corrected chi connectivity index (χ4v) is 1.05. The highest BCUT2D eigenvalue weighted by Crippen LogP contribution is 1.91. The highest BCUT2D eigenvalue weighted by Gasteiger charge is 1.98. The Morgan fingerprint density at radius 1 is 1.33 bits per heavy atom. The molecule has 0 aromatic rings. The van der Waals surface area contributed by atoms with Gasteiger partial charge in [-0.05, 0) is 18.9 Å². The average Bonchev–Trinajstić information content (AvgIpc) is 2.21. The normalized spacial score (nSPS) is 10.7. The number of hydrogen-bond donors (Lipinski definition) is 1. The molecule has 0 amide bonds. The van der Waals surface area contributed by atoms with Crippen LogP contribution in [0.1, 0.15) is 26.7 Å². The van der Waals surface area contributed by atoms with Crippen molar-refractivity contribution >= 4 is 5.97 Å². The van der Waals surface area contributed by atoms with Crippen LogP contribution in [-0.2, 0) is 14.3 Å². The zero-order valence-corrected chi connectivity index (χ0v) is 10.0. The maximum atomic E-state index is 10.7. The fraction of sp³-hybridized carbons (Fsp3) is 0.909. The van der Waals surface area contributed by atoms with Crippen molar-refractivity contribution in [2.24, 2.45) is 5.92 Å². The summed E-state index contributed by atoms with van der Waals surface area (Å²) in [5.41, 5.74) is 0. The Morgan fingerprint density at radius 3 is 2.67 bits per heavy atom. The van der Waals surface area contributed by atoms with E-state index in [1.54, 1.807) is 0 Å². The summed E-state index contributed by atoms with van der Waals surface area (Å²) in [6, 6.07) is 0. The molecule has 0 fully saturated rings. The summed E-state index contributed by atoms with van der Waals surface area (Å²) in [6.07, 6.45) is 1.30. The summed E-state index contributed by atoms with van der Waals surface area (Å²) >= 11 is 0. The van der Waals surface area contributed by atoms with Crippen LogP contribution in [0.2, 0.25) is 0 Å². The van der Waals surface area contributed by atoms with Gasteiger partial charge in [-0.25, -0.2) is 0 Å². The van der Waals surface area contributed by atoms with Crippen molar-refractivity contribution in [3.63, 3.8) is 0 Å². The van der Waals surface area contributed by atoms with Crippen molar-refractivity contribution in [3.05, 3.63) is 0 Å². The van der Waals surface area contributed by atoms with E-state index in [-0.39, 0.29) is 5.97 Å². The van der Waals surface area contributed by atoms with E-state index in [0.29, 0.717) is 12.3 Å². The van der Waals surface area contributed by atoms with E-state index >= 15 is 0 Å². The lowest BCUT2D eigenvalue weighted by atomic mass is 10.2. The van der Waals surface area contributed by atoms with E-state index < -0.39 is 0 Å². The molecule has 0 aliphatic heterocycles. The first kappa shape index (κ1) is 14.4. The van der Waals surface area contributed by atoms with Crippen molar-refractivity contribution in [3.8, 4) is 0 Å². The molecule has 0 saturated carbocycles. The highest BCUT2D eigenvalue weighted by molar-refractivity contribution is 5.68. The van der Waals surface area contributed by atoms with Gasteiger partial charge in [0.25, 0.3) is 0 Å². The van der Waals surface area contributed by atoms with Crippen LogP contribution in [0.15, 0.2) is 0 Å². The minimum atomic E-state index is -0.146. The van der Waals surface area contributed by atoms with E-state index in [0.717, 1.165) is 32.7 Å². The van der Waals surface area contributed by atoms with Crippen molar-refractivity contribution in [2.75, 3.05) is 33.4 Å². The van der Waals surface area contributed by atoms with Gasteiger partial charge >= 0.3 is 5.97 Å². The molecule has 0 heterocycles. The molecule has 15 heavy (non-hydrogen) atoms. The Kier molecular flexibility index (Phi) is 9.52. The smallest absolute Gasteiger partial charge is 0.305 e. The summed E-state index contributed by atoms with van der Waals surface area (Å²) in [4.78, 5) is 10.7. The first-order chi connectivity index (χ1) is 7.16. The van der Waals surface area contributed by atoms with Crippen LogP contribution in [0, 0.1) is 5.92 Å². The molecule has 0 bridgehead atoms. The van der Waals surface area contributed by atoms with Crippen molar-refractivity contribution in [2.45, 2.75) is 26.7 Å². The lowest BCUT2D eigenvalue weighted by Crippen LogP contribution is -2.22. The molecule has 4 nitrogen and oxygen atoms in total. The minimum Gasteiger partial charge on any atom is -0.469 e. The molecule has 0 saturated heterocycles. The maximum absolute atomic E-state index is 10.7. The second kappa shape index (κ2) is 9.93. The summed E-state index contributed by atoms with van der Waals surface area (Å²) < 4.78 is 9.92. The third-order valence-electron chi connectivity index (χ3n) is 1.84. The van der Waals surface area contributed by atoms with Crippen molar-refractivity contribution < 1.29 is 14.3 Å². The topological polar surface area (TPSA) is 47.6 Å². The molecule has 1 N–H and O–H groups in total. The van der Waals surface area contributed by atoms with Gasteiger partial charge in [-0.3, -0.25) is 4.79 Å². The maximum Gasteiger partial charge on any atom is 0.305 e. The molecular weight excluding hydrogens is 194 g/mol. The number of hydrogen-bond acceptors (Lipinski definition) is 4. The predicted octanol–water partition coefficient (Wildman–Crippen LogP) is 1.20. The molecule has 0 aliphatic rings. The van der Waals surface area contributed by atoms with Crippen LogP contribution < -0.4 is 5.32 Å². The first-order valence-electron chi connectivity index (χ1n) is 5.52. The summed E-state index contributed by atoms with van der Waals surface area (Å²) in [7, 11) is 1.41. The van der Waals surface area contributed by atoms with Gasteiger partial charge in [-0.1, -0.05) is 13.8 Å². The van der Waals surface area contributed by atoms with Crippen LogP contribution in [0.4, 0.5) is 0 Å². The molecule has 0 aromatic carbocycles. The number of rotatable bonds is 9. The summed E-state index contributed by atoms with van der Waals surface area (Å²) in [6.45, 7) is 7.47. The molecule has 0 unspecified atom stereocenters. The van der Waals surface area contributed by atoms with E-state index in [4.69, 9.17) is 4.74 Å². The fourth-order valence-electron chi connectivity index (χ4n) is 1.05. The van der Waals surface area contributed by atoms with E-state index in [9.17, 15) is 4.79 Å². The van der Waals surface area contributed by atoms with Crippen LogP contribution in [-0.4, -0.2) is 39.4 Å². The standard InChI is InChI=1S/C11H23NO3/c1-10(2)9-15-8-7-12-6-4-5-11(13)14-3/h10,12H,4-9H2,1-3H3. The van der Waals surface area contributed by atoms with Gasteiger partial charge < -0.3 is 14.8 Å². The first-order valence-corrected chi connectivity index (χ1v) is 5.52. The van der Waals surface area contributed by atoms with Crippen LogP contribution in [0.5, 0.6) is 0 Å². The molecule has 0 aliphatic carbocycles. The molecule has 4 heteroatoms. The Balaban J connectivity index is 3.02. The number of ether oxygens (including phenoxy) is 2. The van der Waals surface area contributed by atoms with Crippen molar-refractivity contribution in [1.82, 2.24) is 5.32 Å². The summed E-state index contributed by atoms with van der Waals surface area (Å²) in [5.74, 6) is 0.442. The Morgan fingerprint density at radius 2 is 2.07 bits per heavy atom. The second-order valence-electron chi connectivity index (χ2n) is 3.90. The Bertz CT molecular complexity index is 160. The third-order valence-corrected chi connectivity index (χ3v) is 1.84. The Hall–Kier alpha value is -0.610. The lowest BCUT2D eigenvalue weighted by molar-refractivity contribution is -0.140. The van der Waals surface area contributed by atoms with E-state index in [2.05, 4.69) is 23.9 Å². The zero-order chi connectivity index (χ0) is 11.5. The number of carbonyl (C=O) groups is 1. The monoisotopic (exact) mass is 217 g/mol. The molecule has 0 radical (unpaired) electrons. The van der Waals surface area contributed by atoms with Crippen LogP contribution in [0.25, 0.3) is 0 Å². The minimum absolute atomic E-state index is 0.146. The largest absolute Gasteiger partial charge is 0.469 e. The number of nitrogens with one attached hydrogen (secondary N) is 1. The second-order valence-corrected chi connectivity index (χ2v) is 3.90. The van der Waals surface area contributed by atoms with E-state index in [1.807, 2.05) is 0 Å². The van der Waals surface area contributed by atoms with Gasteiger partial charge in [-0.15, -0.1) is 0 Å². The third kappa shape index (κ3) is 11.3. The number of carbonyl (C=O) groups excluding carboxylic acids is 1. The average molecular weight is 217 g/mol. The van der Waals surface area contributed by atoms with Gasteiger partial charge in [-0.2, -0.15) is 0 Å². The summed E-state index contributed by atoms with van der Waals surface area (Å²) in [5, 5.41) is 3.21. The lowest BCUT2D eigenvalue weighted by Gasteiger charge is -2.07. The highest BCUT2D eigenvalue weighted by atomic mass is 16.5. The molecule has 0 rings (SSSR count). The van der Waals surface area contributed by atoms with Crippen molar-refractivity contribution in [1.29, 1.82) is 0 Å². The molecular formula is C11H23NO3. The quantitative estimate of drug-likeness (QED) is 0.466. The van der Waals surface area contributed by atoms with Gasteiger partial charge in [0.2, 0.25) is 0 Å². The number of methoxy groups -OCH3 is 1.